The van der Waals surface area contributed by atoms with Crippen molar-refractivity contribution in [2.75, 3.05) is 26.3 Å². The van der Waals surface area contributed by atoms with Crippen LogP contribution in [-0.2, 0) is 9.53 Å². The second kappa shape index (κ2) is 6.37. The fourth-order valence-electron chi connectivity index (χ4n) is 1.99. The van der Waals surface area contributed by atoms with Crippen LogP contribution in [0.4, 0.5) is 4.79 Å². The van der Waals surface area contributed by atoms with Gasteiger partial charge in [-0.25, -0.2) is 4.79 Å². The summed E-state index contributed by atoms with van der Waals surface area (Å²) in [5, 5.41) is 2.87. The van der Waals surface area contributed by atoms with Crippen molar-refractivity contribution < 1.29 is 14.3 Å². The molecule has 1 N–H and O–H groups in total. The molecular weight excluding hydrogens is 244 g/mol. The first-order valence-corrected chi connectivity index (χ1v) is 6.91. The topological polar surface area (TPSA) is 58.6 Å². The van der Waals surface area contributed by atoms with Crippen LogP contribution in [0.25, 0.3) is 0 Å². The van der Waals surface area contributed by atoms with E-state index in [9.17, 15) is 9.59 Å². The van der Waals surface area contributed by atoms with Crippen molar-refractivity contribution in [3.05, 3.63) is 0 Å². The van der Waals surface area contributed by atoms with Crippen molar-refractivity contribution in [1.29, 1.82) is 0 Å². The van der Waals surface area contributed by atoms with Gasteiger partial charge in [-0.15, -0.1) is 0 Å². The Morgan fingerprint density at radius 1 is 1.16 bits per heavy atom. The van der Waals surface area contributed by atoms with E-state index in [0.717, 1.165) is 0 Å². The molecule has 1 unspecified atom stereocenters. The summed E-state index contributed by atoms with van der Waals surface area (Å²) in [6.45, 7) is 11.8. The number of nitrogens with one attached hydrogen (secondary N) is 1. The van der Waals surface area contributed by atoms with Gasteiger partial charge in [0.25, 0.3) is 0 Å². The van der Waals surface area contributed by atoms with Gasteiger partial charge in [0.2, 0.25) is 0 Å². The highest BCUT2D eigenvalue weighted by Crippen LogP contribution is 2.20. The molecule has 1 aliphatic rings. The van der Waals surface area contributed by atoms with Crippen LogP contribution in [0, 0.1) is 11.3 Å². The van der Waals surface area contributed by atoms with E-state index in [4.69, 9.17) is 4.74 Å². The molecule has 1 atom stereocenters. The summed E-state index contributed by atoms with van der Waals surface area (Å²) in [5.74, 6) is 0.154. The molecule has 5 heteroatoms. The first-order valence-electron chi connectivity index (χ1n) is 6.91. The van der Waals surface area contributed by atoms with Crippen LogP contribution in [0.1, 0.15) is 34.6 Å². The smallest absolute Gasteiger partial charge is 0.318 e. The van der Waals surface area contributed by atoms with Crippen LogP contribution in [0.2, 0.25) is 0 Å². The van der Waals surface area contributed by atoms with Crippen LogP contribution in [0.3, 0.4) is 0 Å². The molecule has 0 saturated carbocycles. The molecule has 0 aromatic rings. The molecule has 2 amide bonds. The molecular formula is C14H26N2O3. The number of ketones is 1. The Labute approximate surface area is 115 Å². The minimum Gasteiger partial charge on any atom is -0.378 e. The first-order chi connectivity index (χ1) is 8.73. The van der Waals surface area contributed by atoms with Gasteiger partial charge in [0, 0.05) is 18.5 Å². The lowest BCUT2D eigenvalue weighted by Gasteiger charge is -2.32. The quantitative estimate of drug-likeness (QED) is 0.848. The van der Waals surface area contributed by atoms with Crippen molar-refractivity contribution in [1.82, 2.24) is 10.2 Å². The van der Waals surface area contributed by atoms with Crippen molar-refractivity contribution in [3.8, 4) is 0 Å². The number of carbonyl (C=O) groups is 2. The predicted molar refractivity (Wildman–Crippen MR) is 74.0 cm³/mol. The number of ether oxygens (including phenoxy) is 1. The summed E-state index contributed by atoms with van der Waals surface area (Å²) in [7, 11) is 0. The number of rotatable bonds is 3. The van der Waals surface area contributed by atoms with Crippen molar-refractivity contribution in [2.24, 2.45) is 11.3 Å². The first kappa shape index (κ1) is 16.0. The zero-order chi connectivity index (χ0) is 14.6. The Morgan fingerprint density at radius 3 is 2.11 bits per heavy atom. The summed E-state index contributed by atoms with van der Waals surface area (Å²) in [6, 6.07) is -0.602. The maximum Gasteiger partial charge on any atom is 0.318 e. The van der Waals surface area contributed by atoms with Crippen LogP contribution in [-0.4, -0.2) is 49.1 Å². The Bertz CT molecular complexity index is 328. The molecule has 1 saturated heterocycles. The van der Waals surface area contributed by atoms with E-state index in [2.05, 4.69) is 5.32 Å². The minimum absolute atomic E-state index is 0.0732. The molecule has 1 rings (SSSR count). The molecule has 0 bridgehead atoms. The van der Waals surface area contributed by atoms with Gasteiger partial charge in [-0.2, -0.15) is 0 Å². The molecule has 1 aliphatic heterocycles. The van der Waals surface area contributed by atoms with Crippen LogP contribution >= 0.6 is 0 Å². The summed E-state index contributed by atoms with van der Waals surface area (Å²) in [5.41, 5.74) is -0.451. The number of hydrogen-bond donors (Lipinski definition) is 1. The maximum atomic E-state index is 12.4. The number of urea groups is 1. The lowest BCUT2D eigenvalue weighted by Crippen LogP contribution is -2.54. The number of hydrogen-bond acceptors (Lipinski definition) is 3. The molecule has 0 aromatic carbocycles. The van der Waals surface area contributed by atoms with Gasteiger partial charge in [0.1, 0.15) is 0 Å². The highest BCUT2D eigenvalue weighted by Gasteiger charge is 2.33. The van der Waals surface area contributed by atoms with E-state index in [1.165, 1.54) is 0 Å². The molecule has 1 fully saturated rings. The molecule has 1 heterocycles. The van der Waals surface area contributed by atoms with Crippen molar-refractivity contribution in [2.45, 2.75) is 40.7 Å². The number of morpholine rings is 1. The van der Waals surface area contributed by atoms with Crippen molar-refractivity contribution in [3.63, 3.8) is 0 Å². The number of amides is 2. The van der Waals surface area contributed by atoms with Crippen molar-refractivity contribution >= 4 is 11.8 Å². The normalized spacial score (nSPS) is 18.3. The number of nitrogens with zero attached hydrogens (tertiary/aromatic N) is 1. The minimum atomic E-state index is -0.451. The number of carbonyl (C=O) groups excluding carboxylic acids is 2. The molecule has 0 aromatic heterocycles. The Hall–Kier alpha value is -1.10. The molecule has 19 heavy (non-hydrogen) atoms. The summed E-state index contributed by atoms with van der Waals surface area (Å²) >= 11 is 0. The second-order valence-electron chi connectivity index (χ2n) is 6.38. The Morgan fingerprint density at radius 2 is 1.68 bits per heavy atom. The van der Waals surface area contributed by atoms with E-state index in [1.807, 2.05) is 34.6 Å². The fourth-order valence-corrected chi connectivity index (χ4v) is 1.99. The molecule has 5 nitrogen and oxygen atoms in total. The Balaban J connectivity index is 2.68. The zero-order valence-corrected chi connectivity index (χ0v) is 12.7. The van der Waals surface area contributed by atoms with Gasteiger partial charge in [-0.3, -0.25) is 4.79 Å². The van der Waals surface area contributed by atoms with Gasteiger partial charge in [-0.1, -0.05) is 34.6 Å². The lowest BCUT2D eigenvalue weighted by atomic mass is 9.82. The highest BCUT2D eigenvalue weighted by atomic mass is 16.5. The Kier molecular flexibility index (Phi) is 5.35. The van der Waals surface area contributed by atoms with E-state index >= 15 is 0 Å². The van der Waals surface area contributed by atoms with Crippen LogP contribution in [0.5, 0.6) is 0 Å². The third-order valence-electron chi connectivity index (χ3n) is 3.27. The molecule has 110 valence electrons. The third-order valence-corrected chi connectivity index (χ3v) is 3.27. The molecule has 0 radical (unpaired) electrons. The average Bonchev–Trinajstić information content (AvgIpc) is 2.34. The van der Waals surface area contributed by atoms with E-state index < -0.39 is 11.5 Å². The van der Waals surface area contributed by atoms with Crippen LogP contribution < -0.4 is 5.32 Å². The largest absolute Gasteiger partial charge is 0.378 e. The van der Waals surface area contributed by atoms with Gasteiger partial charge in [0.15, 0.2) is 5.78 Å². The van der Waals surface area contributed by atoms with Gasteiger partial charge in [0.05, 0.1) is 19.3 Å². The molecule has 0 aliphatic carbocycles. The van der Waals surface area contributed by atoms with E-state index in [0.29, 0.717) is 26.3 Å². The monoisotopic (exact) mass is 270 g/mol. The standard InChI is InChI=1S/C14H26N2O3/c1-10(2)11(12(17)14(3,4)5)15-13(18)16-6-8-19-9-7-16/h10-11H,6-9H2,1-5H3,(H,15,18). The zero-order valence-electron chi connectivity index (χ0n) is 12.7. The second-order valence-corrected chi connectivity index (χ2v) is 6.38. The lowest BCUT2D eigenvalue weighted by molar-refractivity contribution is -0.129. The maximum absolute atomic E-state index is 12.4. The van der Waals surface area contributed by atoms with Gasteiger partial charge < -0.3 is 15.0 Å². The van der Waals surface area contributed by atoms with Gasteiger partial charge in [-0.05, 0) is 5.92 Å². The van der Waals surface area contributed by atoms with E-state index in [1.54, 1.807) is 4.90 Å². The third kappa shape index (κ3) is 4.49. The predicted octanol–water partition coefficient (Wildman–Crippen LogP) is 1.67. The summed E-state index contributed by atoms with van der Waals surface area (Å²) < 4.78 is 5.22. The molecule has 0 spiro atoms. The fraction of sp³-hybridized carbons (Fsp3) is 0.857. The van der Waals surface area contributed by atoms with E-state index in [-0.39, 0.29) is 17.7 Å². The highest BCUT2D eigenvalue weighted by molar-refractivity contribution is 5.92. The number of Topliss-reactive ketones (excluding diaryl/α,β-unsaturated/α-hetero) is 1. The SMILES string of the molecule is CC(C)C(NC(=O)N1CCOCC1)C(=O)C(C)(C)C. The van der Waals surface area contributed by atoms with Crippen LogP contribution in [0.15, 0.2) is 0 Å². The summed E-state index contributed by atoms with van der Waals surface area (Å²) in [4.78, 5) is 26.2. The summed E-state index contributed by atoms with van der Waals surface area (Å²) in [6.07, 6.45) is 0. The average molecular weight is 270 g/mol. The van der Waals surface area contributed by atoms with Gasteiger partial charge >= 0.3 is 6.03 Å².